The Kier molecular flexibility index (Phi) is 4.07. The molecule has 1 atom stereocenters. The van der Waals surface area contributed by atoms with Crippen LogP contribution in [-0.2, 0) is 24.9 Å². The van der Waals surface area contributed by atoms with Gasteiger partial charge in [-0.2, -0.15) is 0 Å². The van der Waals surface area contributed by atoms with Crippen LogP contribution >= 0.6 is 0 Å². The van der Waals surface area contributed by atoms with Gasteiger partial charge in [0.15, 0.2) is 0 Å². The van der Waals surface area contributed by atoms with Crippen LogP contribution in [0.5, 0.6) is 0 Å². The number of aryl methyl sites for hydroxylation is 2. The number of nitrogens with zero attached hydrogens (tertiary/aromatic N) is 4. The van der Waals surface area contributed by atoms with Crippen molar-refractivity contribution in [2.75, 3.05) is 6.61 Å². The molecule has 1 aromatic carbocycles. The lowest BCUT2D eigenvalue weighted by molar-refractivity contribution is 0.156. The first-order chi connectivity index (χ1) is 12.2. The Morgan fingerprint density at radius 1 is 1.32 bits per heavy atom. The highest BCUT2D eigenvalue weighted by Crippen LogP contribution is 2.35. The Bertz CT molecular complexity index is 934. The summed E-state index contributed by atoms with van der Waals surface area (Å²) < 4.78 is 4.52. The normalized spacial score (nSPS) is 18.7. The lowest BCUT2D eigenvalue weighted by Gasteiger charge is -2.26. The van der Waals surface area contributed by atoms with E-state index in [2.05, 4.69) is 50.6 Å². The van der Waals surface area contributed by atoms with E-state index in [4.69, 9.17) is 4.84 Å². The van der Waals surface area contributed by atoms with Crippen molar-refractivity contribution >= 4 is 16.6 Å². The van der Waals surface area contributed by atoms with Crippen molar-refractivity contribution in [3.8, 4) is 0 Å². The summed E-state index contributed by atoms with van der Waals surface area (Å²) in [6, 6.07) is 8.57. The van der Waals surface area contributed by atoms with E-state index < -0.39 is 0 Å². The number of fused-ring (bicyclic) bond motifs is 3. The van der Waals surface area contributed by atoms with E-state index in [1.54, 1.807) is 0 Å². The maximum Gasteiger partial charge on any atom is 0.114 e. The summed E-state index contributed by atoms with van der Waals surface area (Å²) in [5.41, 5.74) is 4.96. The molecule has 25 heavy (non-hydrogen) atoms. The number of oxime groups is 1. The van der Waals surface area contributed by atoms with E-state index in [1.165, 1.54) is 22.2 Å². The molecule has 1 aliphatic rings. The van der Waals surface area contributed by atoms with E-state index in [1.807, 2.05) is 26.2 Å². The van der Waals surface area contributed by atoms with Gasteiger partial charge >= 0.3 is 0 Å². The molecule has 0 fully saturated rings. The fourth-order valence-electron chi connectivity index (χ4n) is 3.94. The lowest BCUT2D eigenvalue weighted by Crippen LogP contribution is -2.28. The van der Waals surface area contributed by atoms with Gasteiger partial charge in [0.25, 0.3) is 0 Å². The topological polar surface area (TPSA) is 44.3 Å². The molecule has 130 valence electrons. The molecular weight excluding hydrogens is 312 g/mol. The highest BCUT2D eigenvalue weighted by Gasteiger charge is 2.31. The van der Waals surface area contributed by atoms with Gasteiger partial charge in [0.05, 0.1) is 5.71 Å². The minimum Gasteiger partial charge on any atom is -0.396 e. The summed E-state index contributed by atoms with van der Waals surface area (Å²) in [6.07, 6.45) is 6.04. The minimum absolute atomic E-state index is 0.331. The highest BCUT2D eigenvalue weighted by atomic mass is 16.6. The quantitative estimate of drug-likeness (QED) is 0.682. The molecule has 2 aromatic heterocycles. The maximum absolute atomic E-state index is 5.52. The Balaban J connectivity index is 1.82. The van der Waals surface area contributed by atoms with Crippen LogP contribution in [0, 0.1) is 12.8 Å². The summed E-state index contributed by atoms with van der Waals surface area (Å²) in [6.45, 7) is 5.50. The van der Waals surface area contributed by atoms with Crippen molar-refractivity contribution < 1.29 is 4.84 Å². The Hall–Kier alpha value is -2.56. The second kappa shape index (κ2) is 6.39. The third-order valence-electron chi connectivity index (χ3n) is 5.23. The Labute approximate surface area is 147 Å². The molecule has 0 amide bonds. The average Bonchev–Trinajstić information content (AvgIpc) is 3.16. The zero-order valence-corrected chi connectivity index (χ0v) is 15.1. The fraction of sp³-hybridized carbons (Fsp3) is 0.400. The van der Waals surface area contributed by atoms with Crippen LogP contribution < -0.4 is 0 Å². The third-order valence-corrected chi connectivity index (χ3v) is 5.23. The van der Waals surface area contributed by atoms with Crippen molar-refractivity contribution in [2.45, 2.75) is 33.2 Å². The number of benzene rings is 1. The molecule has 0 saturated heterocycles. The first-order valence-electron chi connectivity index (χ1n) is 8.95. The van der Waals surface area contributed by atoms with Crippen molar-refractivity contribution in [2.24, 2.45) is 18.1 Å². The van der Waals surface area contributed by atoms with E-state index in [-0.39, 0.29) is 0 Å². The zero-order chi connectivity index (χ0) is 17.4. The Morgan fingerprint density at radius 2 is 2.16 bits per heavy atom. The summed E-state index contributed by atoms with van der Waals surface area (Å²) in [5.74, 6) is 1.37. The van der Waals surface area contributed by atoms with Crippen molar-refractivity contribution in [1.29, 1.82) is 0 Å². The predicted molar refractivity (Wildman–Crippen MR) is 99.9 cm³/mol. The van der Waals surface area contributed by atoms with Crippen LogP contribution in [-0.4, -0.2) is 26.4 Å². The lowest BCUT2D eigenvalue weighted by atomic mass is 9.84. The summed E-state index contributed by atoms with van der Waals surface area (Å²) in [5, 5.41) is 5.84. The smallest absolute Gasteiger partial charge is 0.114 e. The number of rotatable bonds is 4. The van der Waals surface area contributed by atoms with Crippen LogP contribution in [0.4, 0.5) is 0 Å². The monoisotopic (exact) mass is 336 g/mol. The van der Waals surface area contributed by atoms with E-state index in [0.29, 0.717) is 12.5 Å². The molecule has 0 aliphatic heterocycles. The second-order valence-electron chi connectivity index (χ2n) is 6.65. The van der Waals surface area contributed by atoms with Crippen LogP contribution in [0.15, 0.2) is 41.8 Å². The summed E-state index contributed by atoms with van der Waals surface area (Å²) in [7, 11) is 2.15. The van der Waals surface area contributed by atoms with E-state index in [9.17, 15) is 0 Å². The van der Waals surface area contributed by atoms with E-state index >= 15 is 0 Å². The van der Waals surface area contributed by atoms with Crippen LogP contribution in [0.1, 0.15) is 30.4 Å². The number of hydrogen-bond acceptors (Lipinski definition) is 3. The maximum atomic E-state index is 5.52. The van der Waals surface area contributed by atoms with Crippen molar-refractivity contribution in [1.82, 2.24) is 14.1 Å². The van der Waals surface area contributed by atoms with Crippen LogP contribution in [0.25, 0.3) is 10.9 Å². The fourth-order valence-corrected chi connectivity index (χ4v) is 3.94. The first-order valence-corrected chi connectivity index (χ1v) is 8.95. The molecule has 0 spiro atoms. The van der Waals surface area contributed by atoms with Gasteiger partial charge in [0, 0.05) is 54.1 Å². The molecule has 0 bridgehead atoms. The summed E-state index contributed by atoms with van der Waals surface area (Å²) >= 11 is 0. The minimum atomic E-state index is 0.331. The number of imidazole rings is 1. The average molecular weight is 336 g/mol. The standard InChI is InChI=1S/C20H24N4O/c1-4-25-22-20-15(13-24-12-11-21-14(24)2)9-10-18-19(20)16-7-5-6-8-17(16)23(18)3/h5-8,11-12,15H,4,9-10,13H2,1-3H3/b22-20-. The molecule has 1 aliphatic carbocycles. The van der Waals surface area contributed by atoms with Gasteiger partial charge in [-0.05, 0) is 32.8 Å². The molecule has 0 saturated carbocycles. The molecule has 2 heterocycles. The number of aromatic nitrogens is 3. The predicted octanol–water partition coefficient (Wildman–Crippen LogP) is 3.69. The largest absolute Gasteiger partial charge is 0.396 e. The molecular formula is C20H24N4O. The number of para-hydroxylation sites is 1. The van der Waals surface area contributed by atoms with Crippen LogP contribution in [0.3, 0.4) is 0 Å². The molecule has 5 nitrogen and oxygen atoms in total. The van der Waals surface area contributed by atoms with Gasteiger partial charge in [0.2, 0.25) is 0 Å². The van der Waals surface area contributed by atoms with Crippen LogP contribution in [0.2, 0.25) is 0 Å². The first kappa shape index (κ1) is 15.9. The second-order valence-corrected chi connectivity index (χ2v) is 6.65. The highest BCUT2D eigenvalue weighted by molar-refractivity contribution is 6.13. The van der Waals surface area contributed by atoms with Crippen molar-refractivity contribution in [3.05, 3.63) is 53.7 Å². The third kappa shape index (κ3) is 2.64. The molecule has 5 heteroatoms. The molecule has 0 radical (unpaired) electrons. The van der Waals surface area contributed by atoms with E-state index in [0.717, 1.165) is 30.9 Å². The van der Waals surface area contributed by atoms with Gasteiger partial charge in [-0.1, -0.05) is 23.4 Å². The molecule has 3 aromatic rings. The SMILES string of the molecule is CCO/N=C1\c2c(n(C)c3ccccc23)CCC1Cn1ccnc1C. The van der Waals surface area contributed by atoms with Gasteiger partial charge in [-0.15, -0.1) is 0 Å². The Morgan fingerprint density at radius 3 is 2.92 bits per heavy atom. The molecule has 1 unspecified atom stereocenters. The van der Waals surface area contributed by atoms with Gasteiger partial charge in [-0.3, -0.25) is 0 Å². The number of hydrogen-bond donors (Lipinski definition) is 0. The molecule has 0 N–H and O–H groups in total. The van der Waals surface area contributed by atoms with Gasteiger partial charge in [0.1, 0.15) is 12.4 Å². The van der Waals surface area contributed by atoms with Gasteiger partial charge < -0.3 is 14.0 Å². The molecule has 4 rings (SSSR count). The van der Waals surface area contributed by atoms with Crippen molar-refractivity contribution in [3.63, 3.8) is 0 Å². The zero-order valence-electron chi connectivity index (χ0n) is 15.1. The van der Waals surface area contributed by atoms with Gasteiger partial charge in [-0.25, -0.2) is 4.98 Å². The summed E-state index contributed by atoms with van der Waals surface area (Å²) in [4.78, 5) is 9.88.